The van der Waals surface area contributed by atoms with Gasteiger partial charge >= 0.3 is 0 Å². The lowest BCUT2D eigenvalue weighted by Gasteiger charge is -2.05. The van der Waals surface area contributed by atoms with Crippen LogP contribution >= 0.6 is 34.5 Å². The first-order valence-electron chi connectivity index (χ1n) is 8.03. The number of thiazole rings is 1. The number of nitrogens with one attached hydrogen (secondary N) is 1. The van der Waals surface area contributed by atoms with Gasteiger partial charge < -0.3 is 10.1 Å². The number of hydrogen-bond donors (Lipinski definition) is 1. The Balaban J connectivity index is 1.90. The van der Waals surface area contributed by atoms with Crippen LogP contribution in [0.2, 0.25) is 10.0 Å². The van der Waals surface area contributed by atoms with Gasteiger partial charge in [0.05, 0.1) is 28.8 Å². The molecule has 0 bridgehead atoms. The molecule has 0 aliphatic carbocycles. The SMILES string of the molecule is COc1ccc(NC=C(C#N)c2nc(-c3ccc(Cl)cc3Cl)cs2)c([N+](=O)[O-])c1. The Kier molecular flexibility index (Phi) is 6.34. The van der Waals surface area contributed by atoms with Gasteiger partial charge in [-0.1, -0.05) is 23.2 Å². The number of nitro benzene ring substituents is 1. The molecule has 2 aromatic carbocycles. The Morgan fingerprint density at radius 2 is 2.14 bits per heavy atom. The summed E-state index contributed by atoms with van der Waals surface area (Å²) in [6, 6.07) is 11.5. The molecule has 1 heterocycles. The van der Waals surface area contributed by atoms with Crippen LogP contribution in [0.25, 0.3) is 16.8 Å². The van der Waals surface area contributed by atoms with Gasteiger partial charge in [-0.2, -0.15) is 5.26 Å². The smallest absolute Gasteiger partial charge is 0.296 e. The van der Waals surface area contributed by atoms with Crippen molar-refractivity contribution in [3.63, 3.8) is 0 Å². The van der Waals surface area contributed by atoms with E-state index < -0.39 is 4.92 Å². The minimum Gasteiger partial charge on any atom is -0.496 e. The summed E-state index contributed by atoms with van der Waals surface area (Å²) < 4.78 is 5.01. The molecule has 146 valence electrons. The van der Waals surface area contributed by atoms with Crippen LogP contribution in [0.3, 0.4) is 0 Å². The lowest BCUT2D eigenvalue weighted by molar-refractivity contribution is -0.384. The summed E-state index contributed by atoms with van der Waals surface area (Å²) in [4.78, 5) is 15.2. The first kappa shape index (κ1) is 20.6. The molecule has 0 amide bonds. The van der Waals surface area contributed by atoms with Gasteiger partial charge in [-0.15, -0.1) is 11.3 Å². The van der Waals surface area contributed by atoms with Crippen LogP contribution in [0.1, 0.15) is 5.01 Å². The summed E-state index contributed by atoms with van der Waals surface area (Å²) in [5, 5.41) is 26.8. The second kappa shape index (κ2) is 8.92. The van der Waals surface area contributed by atoms with E-state index in [2.05, 4.69) is 10.3 Å². The number of benzene rings is 2. The largest absolute Gasteiger partial charge is 0.496 e. The van der Waals surface area contributed by atoms with E-state index in [1.807, 2.05) is 6.07 Å². The molecule has 10 heteroatoms. The molecule has 0 atom stereocenters. The highest BCUT2D eigenvalue weighted by atomic mass is 35.5. The standard InChI is InChI=1S/C19H12Cl2N4O3S/c1-28-13-3-5-16(18(7-13)25(26)27)23-9-11(8-22)19-24-17(10-29-19)14-4-2-12(20)6-15(14)21/h2-7,9-10,23H,1H3. The number of nitro groups is 1. The van der Waals surface area contributed by atoms with Gasteiger partial charge in [-0.3, -0.25) is 10.1 Å². The number of aromatic nitrogens is 1. The Hall–Kier alpha value is -3.12. The van der Waals surface area contributed by atoms with Crippen molar-refractivity contribution >= 4 is 51.5 Å². The lowest BCUT2D eigenvalue weighted by atomic mass is 10.2. The second-order valence-electron chi connectivity index (χ2n) is 5.62. The van der Waals surface area contributed by atoms with E-state index in [0.29, 0.717) is 32.1 Å². The molecule has 1 N–H and O–H groups in total. The fourth-order valence-corrected chi connectivity index (χ4v) is 3.71. The molecule has 0 spiro atoms. The van der Waals surface area contributed by atoms with E-state index in [4.69, 9.17) is 27.9 Å². The van der Waals surface area contributed by atoms with Gasteiger partial charge in [0.2, 0.25) is 0 Å². The zero-order valence-corrected chi connectivity index (χ0v) is 17.2. The van der Waals surface area contributed by atoms with Crippen LogP contribution in [0.15, 0.2) is 48.0 Å². The molecule has 29 heavy (non-hydrogen) atoms. The van der Waals surface area contributed by atoms with Crippen molar-refractivity contribution in [2.75, 3.05) is 12.4 Å². The number of rotatable bonds is 6. The number of hydrogen-bond acceptors (Lipinski definition) is 7. The maximum absolute atomic E-state index is 11.3. The van der Waals surface area contributed by atoms with E-state index >= 15 is 0 Å². The molecule has 0 saturated carbocycles. The van der Waals surface area contributed by atoms with Crippen molar-refractivity contribution in [2.24, 2.45) is 0 Å². The molecule has 0 fully saturated rings. The Morgan fingerprint density at radius 3 is 2.79 bits per heavy atom. The van der Waals surface area contributed by atoms with Crippen LogP contribution in [-0.4, -0.2) is 17.0 Å². The van der Waals surface area contributed by atoms with Crippen molar-refractivity contribution in [1.82, 2.24) is 4.98 Å². The van der Waals surface area contributed by atoms with E-state index in [1.165, 1.54) is 36.8 Å². The lowest BCUT2D eigenvalue weighted by Crippen LogP contribution is -1.98. The highest BCUT2D eigenvalue weighted by Gasteiger charge is 2.16. The van der Waals surface area contributed by atoms with E-state index in [9.17, 15) is 15.4 Å². The molecular formula is C19H12Cl2N4O3S. The van der Waals surface area contributed by atoms with Crippen LogP contribution in [-0.2, 0) is 0 Å². The van der Waals surface area contributed by atoms with Crippen molar-refractivity contribution in [3.05, 3.63) is 73.1 Å². The maximum atomic E-state index is 11.3. The highest BCUT2D eigenvalue weighted by Crippen LogP contribution is 2.33. The topological polar surface area (TPSA) is 101 Å². The molecule has 7 nitrogen and oxygen atoms in total. The summed E-state index contributed by atoms with van der Waals surface area (Å²) in [6.45, 7) is 0. The summed E-state index contributed by atoms with van der Waals surface area (Å²) >= 11 is 13.4. The number of methoxy groups -OCH3 is 1. The number of nitriles is 1. The van der Waals surface area contributed by atoms with Gasteiger partial charge in [0, 0.05) is 22.2 Å². The fourth-order valence-electron chi connectivity index (χ4n) is 2.42. The van der Waals surface area contributed by atoms with E-state index in [0.717, 1.165) is 0 Å². The summed E-state index contributed by atoms with van der Waals surface area (Å²) in [5.74, 6) is 0.358. The first-order chi connectivity index (χ1) is 13.9. The van der Waals surface area contributed by atoms with Crippen LogP contribution in [0, 0.1) is 21.4 Å². The molecule has 0 aliphatic heterocycles. The predicted molar refractivity (Wildman–Crippen MR) is 114 cm³/mol. The van der Waals surface area contributed by atoms with E-state index in [1.54, 1.807) is 29.6 Å². The van der Waals surface area contributed by atoms with Gasteiger partial charge in [0.15, 0.2) is 0 Å². The maximum Gasteiger partial charge on any atom is 0.296 e. The molecule has 0 saturated heterocycles. The number of anilines is 1. The zero-order valence-electron chi connectivity index (χ0n) is 14.8. The van der Waals surface area contributed by atoms with Crippen LogP contribution < -0.4 is 10.1 Å². The fraction of sp³-hybridized carbons (Fsp3) is 0.0526. The third-order valence-corrected chi connectivity index (χ3v) is 5.26. The Bertz CT molecular complexity index is 1150. The van der Waals surface area contributed by atoms with E-state index in [-0.39, 0.29) is 16.9 Å². The predicted octanol–water partition coefficient (Wildman–Crippen LogP) is 6.01. The molecule has 0 unspecified atom stereocenters. The van der Waals surface area contributed by atoms with Gasteiger partial charge in [-0.25, -0.2) is 4.98 Å². The molecule has 0 aliphatic rings. The molecule has 1 aromatic heterocycles. The van der Waals surface area contributed by atoms with Gasteiger partial charge in [0.25, 0.3) is 5.69 Å². The van der Waals surface area contributed by atoms with Gasteiger partial charge in [0.1, 0.15) is 28.1 Å². The monoisotopic (exact) mass is 446 g/mol. The Labute approximate surface area is 179 Å². The third kappa shape index (κ3) is 4.66. The van der Waals surface area contributed by atoms with Crippen molar-refractivity contribution < 1.29 is 9.66 Å². The zero-order chi connectivity index (χ0) is 21.0. The summed E-state index contributed by atoms with van der Waals surface area (Å²) in [7, 11) is 1.42. The minimum atomic E-state index is -0.533. The van der Waals surface area contributed by atoms with Crippen LogP contribution in [0.5, 0.6) is 5.75 Å². The number of nitrogens with zero attached hydrogens (tertiary/aromatic N) is 3. The normalized spacial score (nSPS) is 11.0. The van der Waals surface area contributed by atoms with Crippen molar-refractivity contribution in [2.45, 2.75) is 0 Å². The number of allylic oxidation sites excluding steroid dienone is 1. The molecule has 3 rings (SSSR count). The van der Waals surface area contributed by atoms with Crippen molar-refractivity contribution in [1.29, 1.82) is 5.26 Å². The van der Waals surface area contributed by atoms with Crippen molar-refractivity contribution in [3.8, 4) is 23.1 Å². The summed E-state index contributed by atoms with van der Waals surface area (Å²) in [5.41, 5.74) is 1.56. The first-order valence-corrected chi connectivity index (χ1v) is 9.67. The molecular weight excluding hydrogens is 435 g/mol. The average Bonchev–Trinajstić information content (AvgIpc) is 3.18. The molecule has 3 aromatic rings. The molecule has 0 radical (unpaired) electrons. The summed E-state index contributed by atoms with van der Waals surface area (Å²) in [6.07, 6.45) is 1.38. The van der Waals surface area contributed by atoms with Crippen LogP contribution in [0.4, 0.5) is 11.4 Å². The highest BCUT2D eigenvalue weighted by molar-refractivity contribution is 7.11. The van der Waals surface area contributed by atoms with Gasteiger partial charge in [-0.05, 0) is 30.3 Å². The average molecular weight is 447 g/mol. The Morgan fingerprint density at radius 1 is 1.34 bits per heavy atom. The number of halogens is 2. The quantitative estimate of drug-likeness (QED) is 0.282. The third-order valence-electron chi connectivity index (χ3n) is 3.84. The second-order valence-corrected chi connectivity index (χ2v) is 7.32. The number of ether oxygens (including phenoxy) is 1. The minimum absolute atomic E-state index is 0.175.